The number of benzene rings is 1. The lowest BCUT2D eigenvalue weighted by Crippen LogP contribution is -2.25. The van der Waals surface area contributed by atoms with E-state index >= 15 is 0 Å². The van der Waals surface area contributed by atoms with Gasteiger partial charge >= 0.3 is 5.97 Å². The van der Waals surface area contributed by atoms with E-state index in [0.29, 0.717) is 5.02 Å². The van der Waals surface area contributed by atoms with Crippen LogP contribution >= 0.6 is 11.6 Å². The number of ether oxygens (including phenoxy) is 1. The molecule has 10 heteroatoms. The van der Waals surface area contributed by atoms with Gasteiger partial charge in [0.25, 0.3) is 10.0 Å². The molecule has 2 rings (SSSR count). The van der Waals surface area contributed by atoms with Gasteiger partial charge in [0.05, 0.1) is 17.2 Å². The van der Waals surface area contributed by atoms with Crippen molar-refractivity contribution in [1.82, 2.24) is 15.1 Å². The zero-order chi connectivity index (χ0) is 16.3. The average molecular weight is 345 g/mol. The molecular weight excluding hydrogens is 332 g/mol. The van der Waals surface area contributed by atoms with Crippen LogP contribution in [0.1, 0.15) is 23.1 Å². The Morgan fingerprint density at radius 3 is 2.59 bits per heavy atom. The predicted octanol–water partition coefficient (Wildman–Crippen LogP) is 1.35. The normalized spacial score (nSPS) is 11.2. The van der Waals surface area contributed by atoms with Crippen LogP contribution in [0.4, 0.5) is 0 Å². The molecule has 0 aliphatic carbocycles. The molecule has 1 aromatic carbocycles. The van der Waals surface area contributed by atoms with Crippen LogP contribution in [0.25, 0.3) is 0 Å². The van der Waals surface area contributed by atoms with E-state index in [9.17, 15) is 13.2 Å². The molecular formula is C12H13ClN4O4S. The molecule has 0 saturated carbocycles. The number of hydrogen-bond acceptors (Lipinski definition) is 6. The van der Waals surface area contributed by atoms with E-state index in [0.717, 1.165) is 4.79 Å². The van der Waals surface area contributed by atoms with Gasteiger partial charge in [-0.15, -0.1) is 9.89 Å². The third kappa shape index (κ3) is 3.37. The van der Waals surface area contributed by atoms with Crippen LogP contribution < -0.4 is 4.83 Å². The fourth-order valence-electron chi connectivity index (χ4n) is 1.58. The van der Waals surface area contributed by atoms with E-state index in [4.69, 9.17) is 16.3 Å². The van der Waals surface area contributed by atoms with Crippen molar-refractivity contribution in [3.63, 3.8) is 0 Å². The van der Waals surface area contributed by atoms with E-state index in [2.05, 4.69) is 15.1 Å². The number of nitrogens with zero attached hydrogens (tertiary/aromatic N) is 3. The van der Waals surface area contributed by atoms with Crippen LogP contribution in [0.5, 0.6) is 0 Å². The Morgan fingerprint density at radius 1 is 1.36 bits per heavy atom. The average Bonchev–Trinajstić information content (AvgIpc) is 2.80. The monoisotopic (exact) mass is 344 g/mol. The first kappa shape index (κ1) is 16.2. The van der Waals surface area contributed by atoms with Crippen LogP contribution in [0.2, 0.25) is 5.02 Å². The number of hydrogen-bond donors (Lipinski definition) is 1. The highest BCUT2D eigenvalue weighted by Gasteiger charge is 2.21. The maximum atomic E-state index is 12.2. The Hall–Kier alpha value is -2.13. The first-order valence-electron chi connectivity index (χ1n) is 6.23. The second-order valence-electron chi connectivity index (χ2n) is 4.20. The summed E-state index contributed by atoms with van der Waals surface area (Å²) in [7, 11) is -3.88. The van der Waals surface area contributed by atoms with E-state index < -0.39 is 16.0 Å². The summed E-state index contributed by atoms with van der Waals surface area (Å²) in [6.45, 7) is 3.33. The molecule has 0 fully saturated rings. The standard InChI is InChI=1S/C12H13ClN4O4S/c1-3-21-12(18)11-8(2)17(15-14-11)16-22(19,20)10-6-4-9(13)5-7-10/h4-7,16H,3H2,1-2H3. The van der Waals surface area contributed by atoms with Gasteiger partial charge in [0.2, 0.25) is 0 Å². The molecule has 0 unspecified atom stereocenters. The summed E-state index contributed by atoms with van der Waals surface area (Å²) in [4.78, 5) is 14.7. The second kappa shape index (κ2) is 6.32. The third-order valence-electron chi connectivity index (χ3n) is 2.69. The number of esters is 1. The molecule has 0 saturated heterocycles. The highest BCUT2D eigenvalue weighted by molar-refractivity contribution is 7.92. The van der Waals surface area contributed by atoms with Crippen LogP contribution in [-0.2, 0) is 14.8 Å². The van der Waals surface area contributed by atoms with E-state index in [1.165, 1.54) is 31.2 Å². The smallest absolute Gasteiger partial charge is 0.360 e. The number of carbonyl (C=O) groups is 1. The molecule has 0 aliphatic heterocycles. The summed E-state index contributed by atoms with van der Waals surface area (Å²) in [6, 6.07) is 5.61. The minimum absolute atomic E-state index is 0.00415. The van der Waals surface area contributed by atoms with E-state index in [-0.39, 0.29) is 22.9 Å². The SMILES string of the molecule is CCOC(=O)c1nnn(NS(=O)(=O)c2ccc(Cl)cc2)c1C. The Labute approximate surface area is 132 Å². The van der Waals surface area contributed by atoms with Gasteiger partial charge in [-0.05, 0) is 43.3 Å². The molecule has 0 aliphatic rings. The number of rotatable bonds is 5. The summed E-state index contributed by atoms with van der Waals surface area (Å²) < 4.78 is 29.2. The molecule has 0 spiro atoms. The number of sulfonamides is 1. The Bertz CT molecular complexity index is 786. The van der Waals surface area contributed by atoms with Gasteiger partial charge in [-0.25, -0.2) is 4.79 Å². The highest BCUT2D eigenvalue weighted by atomic mass is 35.5. The van der Waals surface area contributed by atoms with Crippen molar-refractivity contribution in [3.05, 3.63) is 40.7 Å². The van der Waals surface area contributed by atoms with Crippen LogP contribution in [0.3, 0.4) is 0 Å². The van der Waals surface area contributed by atoms with Gasteiger partial charge in [0, 0.05) is 5.02 Å². The maximum absolute atomic E-state index is 12.2. The van der Waals surface area contributed by atoms with Crippen molar-refractivity contribution in [1.29, 1.82) is 0 Å². The molecule has 1 heterocycles. The summed E-state index contributed by atoms with van der Waals surface area (Å²) in [5.41, 5.74) is 0.164. The molecule has 1 N–H and O–H groups in total. The molecule has 8 nitrogen and oxygen atoms in total. The van der Waals surface area contributed by atoms with Crippen molar-refractivity contribution in [2.75, 3.05) is 11.4 Å². The third-order valence-corrected chi connectivity index (χ3v) is 4.25. The fraction of sp³-hybridized carbons (Fsp3) is 0.250. The van der Waals surface area contributed by atoms with Gasteiger partial charge in [-0.2, -0.15) is 13.2 Å². The predicted molar refractivity (Wildman–Crippen MR) is 78.7 cm³/mol. The Kier molecular flexibility index (Phi) is 4.67. The van der Waals surface area contributed by atoms with Gasteiger partial charge in [-0.1, -0.05) is 11.6 Å². The first-order chi connectivity index (χ1) is 10.3. The van der Waals surface area contributed by atoms with E-state index in [1.54, 1.807) is 6.92 Å². The lowest BCUT2D eigenvalue weighted by Gasteiger charge is -2.08. The molecule has 22 heavy (non-hydrogen) atoms. The van der Waals surface area contributed by atoms with Crippen molar-refractivity contribution < 1.29 is 17.9 Å². The topological polar surface area (TPSA) is 103 Å². The summed E-state index contributed by atoms with van der Waals surface area (Å²) in [5, 5.41) is 7.63. The number of carbonyl (C=O) groups excluding carboxylic acids is 1. The molecule has 118 valence electrons. The van der Waals surface area contributed by atoms with Gasteiger partial charge in [0.15, 0.2) is 5.69 Å². The van der Waals surface area contributed by atoms with Crippen molar-refractivity contribution >= 4 is 27.6 Å². The largest absolute Gasteiger partial charge is 0.461 e. The molecule has 0 atom stereocenters. The lowest BCUT2D eigenvalue weighted by atomic mass is 10.3. The van der Waals surface area contributed by atoms with Crippen molar-refractivity contribution in [2.24, 2.45) is 0 Å². The van der Waals surface area contributed by atoms with E-state index in [1.807, 2.05) is 0 Å². The zero-order valence-electron chi connectivity index (χ0n) is 11.8. The first-order valence-corrected chi connectivity index (χ1v) is 8.09. The molecule has 0 bridgehead atoms. The quantitative estimate of drug-likeness (QED) is 0.821. The lowest BCUT2D eigenvalue weighted by molar-refractivity contribution is 0.0518. The van der Waals surface area contributed by atoms with Crippen LogP contribution in [-0.4, -0.2) is 36.1 Å². The summed E-state index contributed by atoms with van der Waals surface area (Å²) >= 11 is 5.72. The maximum Gasteiger partial charge on any atom is 0.360 e. The van der Waals surface area contributed by atoms with Gasteiger partial charge < -0.3 is 4.74 Å². The number of aromatic nitrogens is 3. The minimum atomic E-state index is -3.88. The minimum Gasteiger partial charge on any atom is -0.461 e. The van der Waals surface area contributed by atoms with Crippen LogP contribution in [0.15, 0.2) is 29.2 Å². The second-order valence-corrected chi connectivity index (χ2v) is 6.30. The molecule has 0 radical (unpaired) electrons. The molecule has 2 aromatic rings. The molecule has 1 aromatic heterocycles. The Balaban J connectivity index is 2.27. The zero-order valence-corrected chi connectivity index (χ0v) is 13.3. The van der Waals surface area contributed by atoms with Gasteiger partial charge in [-0.3, -0.25) is 0 Å². The molecule has 0 amide bonds. The summed E-state index contributed by atoms with van der Waals surface area (Å²) in [6.07, 6.45) is 0. The van der Waals surface area contributed by atoms with Gasteiger partial charge in [0.1, 0.15) is 0 Å². The van der Waals surface area contributed by atoms with Crippen LogP contribution in [0, 0.1) is 6.92 Å². The Morgan fingerprint density at radius 2 is 2.00 bits per heavy atom. The van der Waals surface area contributed by atoms with Crippen molar-refractivity contribution in [3.8, 4) is 0 Å². The number of nitrogens with one attached hydrogen (secondary N) is 1. The summed E-state index contributed by atoms with van der Waals surface area (Å²) in [5.74, 6) is -0.669. The highest BCUT2D eigenvalue weighted by Crippen LogP contribution is 2.15. The fourth-order valence-corrected chi connectivity index (χ4v) is 2.71. The number of halogens is 1. The van der Waals surface area contributed by atoms with Crippen molar-refractivity contribution in [2.45, 2.75) is 18.7 Å².